The number of carbonyl (C=O) groups is 3. The van der Waals surface area contributed by atoms with Gasteiger partial charge in [-0.15, -0.1) is 11.8 Å². The van der Waals surface area contributed by atoms with E-state index in [1.807, 2.05) is 116 Å². The van der Waals surface area contributed by atoms with Crippen molar-refractivity contribution in [1.82, 2.24) is 20.4 Å². The summed E-state index contributed by atoms with van der Waals surface area (Å²) >= 11 is 1.53. The molecule has 1 saturated heterocycles. The van der Waals surface area contributed by atoms with Crippen molar-refractivity contribution in [2.24, 2.45) is 0 Å². The van der Waals surface area contributed by atoms with Gasteiger partial charge in [-0.05, 0) is 88.2 Å². The third-order valence-corrected chi connectivity index (χ3v) is 11.8. The number of likely N-dealkylation sites (N-methyl/N-ethyl adjacent to an activating group) is 2. The Balaban J connectivity index is 1.26. The lowest BCUT2D eigenvalue weighted by Crippen LogP contribution is -2.56. The lowest BCUT2D eigenvalue weighted by molar-refractivity contribution is -0.144. The zero-order chi connectivity index (χ0) is 38.4. The van der Waals surface area contributed by atoms with Gasteiger partial charge in [-0.3, -0.25) is 14.4 Å². The molecule has 1 aliphatic heterocycles. The molecule has 3 amide bonds. The van der Waals surface area contributed by atoms with E-state index in [0.717, 1.165) is 46.6 Å². The largest absolute Gasteiger partial charge is 0.483 e. The first-order chi connectivity index (χ1) is 25.1. The van der Waals surface area contributed by atoms with E-state index in [4.69, 9.17) is 4.74 Å². The second-order valence-electron chi connectivity index (χ2n) is 15.2. The zero-order valence-electron chi connectivity index (χ0n) is 32.0. The van der Waals surface area contributed by atoms with E-state index >= 15 is 0 Å². The quantitative estimate of drug-likeness (QED) is 0.184. The highest BCUT2D eigenvalue weighted by atomic mass is 32.2. The van der Waals surface area contributed by atoms with Gasteiger partial charge in [0.25, 0.3) is 11.8 Å². The van der Waals surface area contributed by atoms with Crippen LogP contribution in [0, 0.1) is 13.8 Å². The Morgan fingerprint density at radius 1 is 0.981 bits per heavy atom. The molecule has 11 nitrogen and oxygen atoms in total. The van der Waals surface area contributed by atoms with Crippen LogP contribution in [0.15, 0.2) is 66.7 Å². The molecule has 5 atom stereocenters. The summed E-state index contributed by atoms with van der Waals surface area (Å²) in [5.41, 5.74) is 5.59. The number of hydrogen-bond donors (Lipinski definition) is 4. The minimum atomic E-state index is -1.58. The van der Waals surface area contributed by atoms with Crippen LogP contribution in [0.3, 0.4) is 0 Å². The van der Waals surface area contributed by atoms with E-state index in [9.17, 15) is 24.6 Å². The lowest BCUT2D eigenvalue weighted by Gasteiger charge is -2.34. The van der Waals surface area contributed by atoms with E-state index in [-0.39, 0.29) is 31.2 Å². The number of thioether (sulfide) groups is 1. The number of aryl methyl sites for hydroxylation is 2. The summed E-state index contributed by atoms with van der Waals surface area (Å²) in [5, 5.41) is 28.3. The van der Waals surface area contributed by atoms with Crippen molar-refractivity contribution in [2.75, 3.05) is 51.6 Å². The maximum absolute atomic E-state index is 14.1. The molecular formula is C41H55N5O6S. The van der Waals surface area contributed by atoms with Gasteiger partial charge in [0.2, 0.25) is 5.91 Å². The topological polar surface area (TPSA) is 135 Å². The second kappa shape index (κ2) is 17.4. The molecule has 0 unspecified atom stereocenters. The van der Waals surface area contributed by atoms with Crippen LogP contribution >= 0.6 is 11.8 Å². The molecule has 1 fully saturated rings. The van der Waals surface area contributed by atoms with Gasteiger partial charge in [0.05, 0.1) is 30.1 Å². The molecule has 1 aliphatic carbocycles. The number of amides is 3. The number of carbonyl (C=O) groups excluding carboxylic acids is 3. The number of nitrogens with one attached hydrogen (secondary N) is 2. The molecular weight excluding hydrogens is 691 g/mol. The maximum atomic E-state index is 14.1. The van der Waals surface area contributed by atoms with Crippen LogP contribution in [0.5, 0.6) is 5.75 Å². The van der Waals surface area contributed by atoms with Crippen molar-refractivity contribution in [2.45, 2.75) is 82.0 Å². The van der Waals surface area contributed by atoms with E-state index in [2.05, 4.69) is 20.4 Å². The number of benzene rings is 3. The fourth-order valence-corrected chi connectivity index (χ4v) is 8.40. The molecule has 4 N–H and O–H groups in total. The number of nitrogens with zero attached hydrogens (tertiary/aromatic N) is 3. The first kappa shape index (κ1) is 40.1. The van der Waals surface area contributed by atoms with Gasteiger partial charge < -0.3 is 40.3 Å². The third-order valence-electron chi connectivity index (χ3n) is 10.3. The summed E-state index contributed by atoms with van der Waals surface area (Å²) in [7, 11) is 6.13. The summed E-state index contributed by atoms with van der Waals surface area (Å²) in [6.07, 6.45) is -1.65. The van der Waals surface area contributed by atoms with Gasteiger partial charge in [-0.1, -0.05) is 54.6 Å². The highest BCUT2D eigenvalue weighted by molar-refractivity contribution is 8.00. The van der Waals surface area contributed by atoms with Crippen molar-refractivity contribution in [3.63, 3.8) is 0 Å². The van der Waals surface area contributed by atoms with Crippen LogP contribution < -0.4 is 20.3 Å². The number of ether oxygens (including phenoxy) is 1. The Morgan fingerprint density at radius 3 is 2.32 bits per heavy atom. The van der Waals surface area contributed by atoms with E-state index < -0.39 is 46.9 Å². The summed E-state index contributed by atoms with van der Waals surface area (Å²) in [4.78, 5) is 46.9. The molecule has 5 rings (SSSR count). The number of anilines is 1. The average Bonchev–Trinajstić information content (AvgIpc) is 3.59. The normalized spacial score (nSPS) is 20.1. The molecule has 53 heavy (non-hydrogen) atoms. The number of aliphatic hydroxyl groups is 2. The molecule has 0 bridgehead atoms. The average molecular weight is 746 g/mol. The van der Waals surface area contributed by atoms with Crippen LogP contribution in [0.2, 0.25) is 0 Å². The molecule has 0 aromatic heterocycles. The van der Waals surface area contributed by atoms with Gasteiger partial charge in [0.1, 0.15) is 5.75 Å². The van der Waals surface area contributed by atoms with Crippen molar-refractivity contribution >= 4 is 35.2 Å². The highest BCUT2D eigenvalue weighted by Crippen LogP contribution is 2.41. The minimum Gasteiger partial charge on any atom is -0.483 e. The standard InChI is InChI=1S/C41H55N5O6S/c1-26-19-30(45(7)18-17-44(5)6)20-27(2)39(26)52-24-36(49)42-32(21-28-13-9-8-10-14-28)38(50)40(51)46-25-53-41(3,4)34(46)23-35(48)43-37-31-16-12-11-15-29(31)22-33(37)47/h8-16,19-20,32-34,37-38,47,50H,17-18,21-25H2,1-7H3,(H,42,49)(H,43,48)/t32-,33+,34+,37-,38-/m0/s1. The summed E-state index contributed by atoms with van der Waals surface area (Å²) in [6.45, 7) is 9.34. The van der Waals surface area contributed by atoms with Crippen molar-refractivity contribution in [3.8, 4) is 5.75 Å². The predicted octanol–water partition coefficient (Wildman–Crippen LogP) is 3.61. The van der Waals surface area contributed by atoms with Gasteiger partial charge in [-0.2, -0.15) is 0 Å². The van der Waals surface area contributed by atoms with Crippen molar-refractivity contribution in [1.29, 1.82) is 0 Å². The van der Waals surface area contributed by atoms with E-state index in [1.165, 1.54) is 11.8 Å². The fraction of sp³-hybridized carbons (Fsp3) is 0.488. The maximum Gasteiger partial charge on any atom is 0.258 e. The smallest absolute Gasteiger partial charge is 0.258 e. The predicted molar refractivity (Wildman–Crippen MR) is 210 cm³/mol. The lowest BCUT2D eigenvalue weighted by atomic mass is 9.95. The van der Waals surface area contributed by atoms with Crippen LogP contribution in [-0.2, 0) is 27.2 Å². The molecule has 3 aromatic rings. The van der Waals surface area contributed by atoms with Crippen LogP contribution in [0.1, 0.15) is 54.1 Å². The molecule has 286 valence electrons. The summed E-state index contributed by atoms with van der Waals surface area (Å²) in [5.74, 6) is -0.416. The molecule has 2 aliphatic rings. The first-order valence-electron chi connectivity index (χ1n) is 18.3. The van der Waals surface area contributed by atoms with Gasteiger partial charge in [0, 0.05) is 43.4 Å². The van der Waals surface area contributed by atoms with Gasteiger partial charge >= 0.3 is 0 Å². The third kappa shape index (κ3) is 9.91. The fourth-order valence-electron chi connectivity index (χ4n) is 7.22. The van der Waals surface area contributed by atoms with E-state index in [0.29, 0.717) is 12.2 Å². The zero-order valence-corrected chi connectivity index (χ0v) is 32.8. The Labute approximate surface area is 318 Å². The van der Waals surface area contributed by atoms with Crippen LogP contribution in [0.4, 0.5) is 5.69 Å². The van der Waals surface area contributed by atoms with Crippen molar-refractivity contribution < 1.29 is 29.3 Å². The SMILES string of the molecule is Cc1cc(N(C)CCN(C)C)cc(C)c1OCC(=O)N[C@@H](Cc1ccccc1)[C@H](O)C(=O)N1CSC(C)(C)[C@H]1CC(=O)N[C@H]1c2ccccc2C[C@H]1O. The number of aliphatic hydroxyl groups excluding tert-OH is 2. The molecule has 0 spiro atoms. The molecule has 1 heterocycles. The Kier molecular flexibility index (Phi) is 13.1. The monoisotopic (exact) mass is 745 g/mol. The number of fused-ring (bicyclic) bond motifs is 1. The van der Waals surface area contributed by atoms with Crippen molar-refractivity contribution in [3.05, 3.63) is 94.5 Å². The highest BCUT2D eigenvalue weighted by Gasteiger charge is 2.47. The number of rotatable bonds is 15. The second-order valence-corrected chi connectivity index (χ2v) is 16.8. The summed E-state index contributed by atoms with van der Waals surface area (Å²) in [6, 6.07) is 19.1. The number of hydrogen-bond acceptors (Lipinski definition) is 9. The molecule has 0 radical (unpaired) electrons. The van der Waals surface area contributed by atoms with Gasteiger partial charge in [-0.25, -0.2) is 0 Å². The Morgan fingerprint density at radius 2 is 1.64 bits per heavy atom. The Hall–Kier alpha value is -4.10. The van der Waals surface area contributed by atoms with Gasteiger partial charge in [0.15, 0.2) is 12.7 Å². The van der Waals surface area contributed by atoms with E-state index in [1.54, 1.807) is 4.90 Å². The molecule has 12 heteroatoms. The molecule has 0 saturated carbocycles. The Bertz CT molecular complexity index is 1730. The molecule has 3 aromatic carbocycles. The van der Waals surface area contributed by atoms with Crippen LogP contribution in [-0.4, -0.2) is 113 Å². The summed E-state index contributed by atoms with van der Waals surface area (Å²) < 4.78 is 5.56. The minimum absolute atomic E-state index is 0.00364. The van der Waals surface area contributed by atoms with Crippen LogP contribution in [0.25, 0.3) is 0 Å². The first-order valence-corrected chi connectivity index (χ1v) is 19.2.